The van der Waals surface area contributed by atoms with Crippen molar-refractivity contribution in [2.24, 2.45) is 0 Å². The number of epoxide rings is 3. The van der Waals surface area contributed by atoms with E-state index in [1.807, 2.05) is 0 Å². The quantitative estimate of drug-likeness (QED) is 0.217. The van der Waals surface area contributed by atoms with Crippen LogP contribution in [-0.4, -0.2) is 84.9 Å². The van der Waals surface area contributed by atoms with Crippen LogP contribution >= 0.6 is 7.82 Å². The van der Waals surface area contributed by atoms with E-state index in [-0.39, 0.29) is 36.6 Å². The number of phosphoric acid groups is 1. The van der Waals surface area contributed by atoms with Crippen molar-refractivity contribution in [1.29, 1.82) is 0 Å². The van der Waals surface area contributed by atoms with E-state index in [1.54, 1.807) is 0 Å². The van der Waals surface area contributed by atoms with Gasteiger partial charge in [-0.05, 0) is 38.5 Å². The van der Waals surface area contributed by atoms with Gasteiger partial charge >= 0.3 is 7.82 Å². The minimum atomic E-state index is -4.64. The predicted octanol–water partition coefficient (Wildman–Crippen LogP) is 1.14. The summed E-state index contributed by atoms with van der Waals surface area (Å²) in [6, 6.07) is 0. The second kappa shape index (κ2) is 12.0. The van der Waals surface area contributed by atoms with Crippen molar-refractivity contribution in [2.75, 3.05) is 0 Å². The van der Waals surface area contributed by atoms with E-state index in [0.717, 1.165) is 19.3 Å². The van der Waals surface area contributed by atoms with E-state index in [2.05, 4.69) is 0 Å². The first kappa shape index (κ1) is 26.5. The Balaban J connectivity index is 0.000000123. The summed E-state index contributed by atoms with van der Waals surface area (Å²) in [6.45, 7) is 0. The number of fused-ring (bicyclic) bond motifs is 3. The van der Waals surface area contributed by atoms with Gasteiger partial charge < -0.3 is 44.2 Å². The summed E-state index contributed by atoms with van der Waals surface area (Å²) < 4.78 is 24.5. The van der Waals surface area contributed by atoms with Crippen LogP contribution in [0.25, 0.3) is 0 Å². The molecule has 6 N–H and O–H groups in total. The van der Waals surface area contributed by atoms with Gasteiger partial charge in [-0.3, -0.25) is 0 Å². The summed E-state index contributed by atoms with van der Waals surface area (Å²) in [5.74, 6) is 0. The second-order valence-electron chi connectivity index (χ2n) is 9.49. The van der Waals surface area contributed by atoms with Gasteiger partial charge in [0.2, 0.25) is 0 Å². The third-order valence-corrected chi connectivity index (χ3v) is 6.72. The molecular formula is C21H39O10P. The van der Waals surface area contributed by atoms with Gasteiger partial charge in [-0.1, -0.05) is 38.5 Å². The number of ether oxygens (including phenoxy) is 3. The molecule has 3 heterocycles. The fraction of sp³-hybridized carbons (Fsp3) is 1.00. The molecule has 6 fully saturated rings. The SMILES string of the molecule is O=P(O)(O)O.OC1CCCCC2OC12.OC1CCCCC2OC12.OC1CCCCC2OC12. The lowest BCUT2D eigenvalue weighted by molar-refractivity contribution is 0.122. The third-order valence-electron chi connectivity index (χ3n) is 6.72. The molecule has 10 nitrogen and oxygen atoms in total. The minimum absolute atomic E-state index is 0.155. The molecule has 0 radical (unpaired) electrons. The first-order valence-electron chi connectivity index (χ1n) is 11.9. The van der Waals surface area contributed by atoms with Crippen LogP contribution in [0.15, 0.2) is 0 Å². The summed E-state index contributed by atoms with van der Waals surface area (Å²) >= 11 is 0. The van der Waals surface area contributed by atoms with E-state index in [1.165, 1.54) is 57.8 Å². The Morgan fingerprint density at radius 2 is 0.719 bits per heavy atom. The van der Waals surface area contributed by atoms with Crippen LogP contribution in [0, 0.1) is 0 Å². The van der Waals surface area contributed by atoms with Crippen LogP contribution in [0.2, 0.25) is 0 Å². The van der Waals surface area contributed by atoms with Crippen molar-refractivity contribution in [2.45, 2.75) is 132 Å². The monoisotopic (exact) mass is 482 g/mol. The molecule has 32 heavy (non-hydrogen) atoms. The largest absolute Gasteiger partial charge is 0.466 e. The van der Waals surface area contributed by atoms with Crippen LogP contribution in [0.1, 0.15) is 77.0 Å². The molecule has 11 heteroatoms. The molecule has 0 amide bonds. The summed E-state index contributed by atoms with van der Waals surface area (Å²) in [6.07, 6.45) is 15.0. The lowest BCUT2D eigenvalue weighted by atomic mass is 10.2. The number of hydrogen-bond acceptors (Lipinski definition) is 7. The molecule has 3 saturated carbocycles. The smallest absolute Gasteiger partial charge is 0.390 e. The zero-order valence-corrected chi connectivity index (χ0v) is 19.3. The van der Waals surface area contributed by atoms with Crippen molar-refractivity contribution in [3.05, 3.63) is 0 Å². The van der Waals surface area contributed by atoms with Gasteiger partial charge in [0.15, 0.2) is 0 Å². The van der Waals surface area contributed by atoms with Crippen LogP contribution in [0.3, 0.4) is 0 Å². The fourth-order valence-corrected chi connectivity index (χ4v) is 4.77. The molecule has 0 aromatic carbocycles. The third kappa shape index (κ3) is 9.62. The lowest BCUT2D eigenvalue weighted by Crippen LogP contribution is -2.14. The molecule has 0 bridgehead atoms. The van der Waals surface area contributed by atoms with Crippen molar-refractivity contribution in [1.82, 2.24) is 0 Å². The molecule has 0 aromatic rings. The normalized spacial score (nSPS) is 43.8. The topological polar surface area (TPSA) is 176 Å². The Labute approximate surface area is 189 Å². The fourth-order valence-electron chi connectivity index (χ4n) is 4.77. The molecule has 3 aliphatic carbocycles. The van der Waals surface area contributed by atoms with Gasteiger partial charge in [0.1, 0.15) is 18.3 Å². The van der Waals surface area contributed by atoms with Crippen LogP contribution in [0.4, 0.5) is 0 Å². The van der Waals surface area contributed by atoms with E-state index in [9.17, 15) is 15.3 Å². The Hall–Kier alpha value is -0.130. The van der Waals surface area contributed by atoms with Gasteiger partial charge in [0.25, 0.3) is 0 Å². The molecule has 3 saturated heterocycles. The van der Waals surface area contributed by atoms with Crippen molar-refractivity contribution in [3.63, 3.8) is 0 Å². The molecule has 6 rings (SSSR count). The molecule has 9 atom stereocenters. The highest BCUT2D eigenvalue weighted by Crippen LogP contribution is 2.36. The minimum Gasteiger partial charge on any atom is -0.390 e. The summed E-state index contributed by atoms with van der Waals surface area (Å²) in [4.78, 5) is 21.6. The zero-order valence-electron chi connectivity index (χ0n) is 18.4. The van der Waals surface area contributed by atoms with Gasteiger partial charge in [-0.25, -0.2) is 4.57 Å². The maximum atomic E-state index is 9.27. The van der Waals surface area contributed by atoms with Gasteiger partial charge in [0.05, 0.1) is 36.6 Å². The Bertz CT molecular complexity index is 541. The highest BCUT2D eigenvalue weighted by atomic mass is 31.2. The maximum Gasteiger partial charge on any atom is 0.466 e. The molecule has 3 aliphatic heterocycles. The number of rotatable bonds is 0. The number of aliphatic hydroxyl groups excluding tert-OH is 3. The van der Waals surface area contributed by atoms with Gasteiger partial charge in [-0.2, -0.15) is 0 Å². The van der Waals surface area contributed by atoms with Gasteiger partial charge in [-0.15, -0.1) is 0 Å². The van der Waals surface area contributed by atoms with Crippen LogP contribution in [-0.2, 0) is 18.8 Å². The highest BCUT2D eigenvalue weighted by Gasteiger charge is 2.46. The van der Waals surface area contributed by atoms with E-state index < -0.39 is 7.82 Å². The molecule has 0 spiro atoms. The van der Waals surface area contributed by atoms with Crippen molar-refractivity contribution in [3.8, 4) is 0 Å². The summed E-state index contributed by atoms with van der Waals surface area (Å²) in [5.41, 5.74) is 0. The van der Waals surface area contributed by atoms with Crippen molar-refractivity contribution >= 4 is 7.82 Å². The van der Waals surface area contributed by atoms with E-state index >= 15 is 0 Å². The van der Waals surface area contributed by atoms with Crippen LogP contribution < -0.4 is 0 Å². The molecular weight excluding hydrogens is 443 g/mol. The second-order valence-corrected chi connectivity index (χ2v) is 10.5. The highest BCUT2D eigenvalue weighted by molar-refractivity contribution is 7.45. The Morgan fingerprint density at radius 3 is 0.969 bits per heavy atom. The maximum absolute atomic E-state index is 9.27. The Morgan fingerprint density at radius 1 is 0.500 bits per heavy atom. The molecule has 0 aromatic heterocycles. The molecule has 6 aliphatic rings. The molecule has 188 valence electrons. The molecule has 9 unspecified atom stereocenters. The van der Waals surface area contributed by atoms with E-state index in [4.69, 9.17) is 33.5 Å². The Kier molecular flexibility index (Phi) is 9.94. The first-order chi connectivity index (χ1) is 15.1. The van der Waals surface area contributed by atoms with Crippen molar-refractivity contribution < 1.29 is 48.8 Å². The number of hydrogen-bond donors (Lipinski definition) is 6. The van der Waals surface area contributed by atoms with Crippen LogP contribution in [0.5, 0.6) is 0 Å². The average molecular weight is 483 g/mol. The summed E-state index contributed by atoms with van der Waals surface area (Å²) in [7, 11) is -4.64. The standard InChI is InChI=1S/3C7H12O2.H3O4P/c3*8-5-3-1-2-4-6-7(5)9-6;1-5(2,3)4/h3*5-8H,1-4H2;(H3,1,2,3,4). The van der Waals surface area contributed by atoms with Gasteiger partial charge in [0, 0.05) is 0 Å². The average Bonchev–Trinajstić information content (AvgIpc) is 3.54. The summed E-state index contributed by atoms with van der Waals surface area (Å²) in [5, 5.41) is 27.8. The predicted molar refractivity (Wildman–Crippen MR) is 114 cm³/mol. The zero-order chi connectivity index (χ0) is 23.3. The van der Waals surface area contributed by atoms with E-state index in [0.29, 0.717) is 18.3 Å². The number of aliphatic hydroxyl groups is 3. The first-order valence-corrected chi connectivity index (χ1v) is 13.5. The lowest BCUT2D eigenvalue weighted by Gasteiger charge is -2.02.